The Labute approximate surface area is 88.8 Å². The summed E-state index contributed by atoms with van der Waals surface area (Å²) in [5.74, 6) is -0.408. The number of anilines is 2. The third kappa shape index (κ3) is 2.75. The van der Waals surface area contributed by atoms with E-state index in [2.05, 4.69) is 15.0 Å². The van der Waals surface area contributed by atoms with Gasteiger partial charge in [-0.15, -0.1) is 0 Å². The first-order chi connectivity index (χ1) is 7.06. The SMILES string of the molecule is CNC(=O)c1c(N)nsc1NCC(F)F. The molecule has 0 aliphatic rings. The van der Waals surface area contributed by atoms with Crippen LogP contribution in [0.25, 0.3) is 0 Å². The molecule has 0 saturated heterocycles. The van der Waals surface area contributed by atoms with E-state index in [1.807, 2.05) is 0 Å². The lowest BCUT2D eigenvalue weighted by Gasteiger charge is -2.04. The van der Waals surface area contributed by atoms with Gasteiger partial charge in [-0.25, -0.2) is 8.78 Å². The van der Waals surface area contributed by atoms with Gasteiger partial charge in [0.05, 0.1) is 6.54 Å². The van der Waals surface area contributed by atoms with E-state index in [0.717, 1.165) is 11.5 Å². The van der Waals surface area contributed by atoms with Crippen LogP contribution in [0.3, 0.4) is 0 Å². The number of carbonyl (C=O) groups is 1. The van der Waals surface area contributed by atoms with E-state index in [0.29, 0.717) is 0 Å². The standard InChI is InChI=1S/C7H10F2N4OS/c1-11-6(14)4-5(10)13-15-7(4)12-2-3(8)9/h3,12H,2H2,1H3,(H2,10,13)(H,11,14). The number of amides is 1. The van der Waals surface area contributed by atoms with E-state index in [9.17, 15) is 13.6 Å². The maximum atomic E-state index is 11.9. The largest absolute Gasteiger partial charge is 0.382 e. The summed E-state index contributed by atoms with van der Waals surface area (Å²) in [5, 5.41) is 5.03. The average Bonchev–Trinajstić information content (AvgIpc) is 2.55. The quantitative estimate of drug-likeness (QED) is 0.721. The van der Waals surface area contributed by atoms with Crippen molar-refractivity contribution in [2.75, 3.05) is 24.6 Å². The number of carbonyl (C=O) groups excluding carboxylic acids is 1. The second-order valence-corrected chi connectivity index (χ2v) is 3.40. The van der Waals surface area contributed by atoms with Crippen LogP contribution >= 0.6 is 11.5 Å². The Morgan fingerprint density at radius 1 is 1.67 bits per heavy atom. The second kappa shape index (κ2) is 4.87. The summed E-state index contributed by atoms with van der Waals surface area (Å²) in [6, 6.07) is 0. The van der Waals surface area contributed by atoms with Gasteiger partial charge in [-0.05, 0) is 11.5 Å². The first-order valence-corrected chi connectivity index (χ1v) is 4.82. The van der Waals surface area contributed by atoms with Crippen molar-refractivity contribution >= 4 is 28.3 Å². The molecule has 0 atom stereocenters. The Kier molecular flexibility index (Phi) is 3.78. The van der Waals surface area contributed by atoms with Gasteiger partial charge in [0.1, 0.15) is 10.6 Å². The Morgan fingerprint density at radius 2 is 2.33 bits per heavy atom. The zero-order chi connectivity index (χ0) is 11.4. The maximum Gasteiger partial charge on any atom is 0.257 e. The van der Waals surface area contributed by atoms with E-state index >= 15 is 0 Å². The van der Waals surface area contributed by atoms with Crippen LogP contribution in [0, 0.1) is 0 Å². The lowest BCUT2D eigenvalue weighted by atomic mass is 10.3. The molecule has 8 heteroatoms. The third-order valence-corrected chi connectivity index (χ3v) is 2.41. The molecule has 84 valence electrons. The van der Waals surface area contributed by atoms with Crippen molar-refractivity contribution in [1.29, 1.82) is 0 Å². The number of aromatic nitrogens is 1. The summed E-state index contributed by atoms with van der Waals surface area (Å²) in [4.78, 5) is 11.3. The van der Waals surface area contributed by atoms with Gasteiger partial charge in [-0.1, -0.05) is 0 Å². The molecule has 1 rings (SSSR count). The van der Waals surface area contributed by atoms with E-state index in [-0.39, 0.29) is 16.4 Å². The van der Waals surface area contributed by atoms with Crippen molar-refractivity contribution in [2.45, 2.75) is 6.43 Å². The summed E-state index contributed by atoms with van der Waals surface area (Å²) in [7, 11) is 1.43. The summed E-state index contributed by atoms with van der Waals surface area (Å²) >= 11 is 0.882. The summed E-state index contributed by atoms with van der Waals surface area (Å²) in [5.41, 5.74) is 5.55. The Morgan fingerprint density at radius 3 is 2.87 bits per heavy atom. The normalized spacial score (nSPS) is 10.4. The molecule has 0 aliphatic carbocycles. The molecule has 0 fully saturated rings. The second-order valence-electron chi connectivity index (χ2n) is 2.62. The van der Waals surface area contributed by atoms with Crippen molar-refractivity contribution in [2.24, 2.45) is 0 Å². The van der Waals surface area contributed by atoms with Crippen molar-refractivity contribution in [3.05, 3.63) is 5.56 Å². The van der Waals surface area contributed by atoms with Crippen LogP contribution in [-0.2, 0) is 0 Å². The number of nitrogen functional groups attached to an aromatic ring is 1. The van der Waals surface area contributed by atoms with Gasteiger partial charge in [-0.2, -0.15) is 4.37 Å². The van der Waals surface area contributed by atoms with Gasteiger partial charge < -0.3 is 16.4 Å². The monoisotopic (exact) mass is 236 g/mol. The van der Waals surface area contributed by atoms with Gasteiger partial charge in [0.15, 0.2) is 5.82 Å². The summed E-state index contributed by atoms with van der Waals surface area (Å²) < 4.78 is 27.6. The molecular formula is C7H10F2N4OS. The predicted octanol–water partition coefficient (Wildman–Crippen LogP) is 0.762. The van der Waals surface area contributed by atoms with E-state index in [1.165, 1.54) is 7.05 Å². The zero-order valence-electron chi connectivity index (χ0n) is 7.88. The highest BCUT2D eigenvalue weighted by molar-refractivity contribution is 7.11. The molecule has 15 heavy (non-hydrogen) atoms. The minimum Gasteiger partial charge on any atom is -0.382 e. The van der Waals surface area contributed by atoms with Crippen LogP contribution < -0.4 is 16.4 Å². The summed E-state index contributed by atoms with van der Waals surface area (Å²) in [6.45, 7) is -0.536. The lowest BCUT2D eigenvalue weighted by Crippen LogP contribution is -2.21. The lowest BCUT2D eigenvalue weighted by molar-refractivity contribution is 0.0964. The molecule has 1 aromatic rings. The molecule has 0 bridgehead atoms. The molecule has 4 N–H and O–H groups in total. The Balaban J connectivity index is 2.84. The minimum atomic E-state index is -2.49. The fraction of sp³-hybridized carbons (Fsp3) is 0.429. The predicted molar refractivity (Wildman–Crippen MR) is 54.4 cm³/mol. The summed E-state index contributed by atoms with van der Waals surface area (Å²) in [6.07, 6.45) is -2.49. The fourth-order valence-corrected chi connectivity index (χ4v) is 1.65. The van der Waals surface area contributed by atoms with E-state index < -0.39 is 18.9 Å². The van der Waals surface area contributed by atoms with Crippen LogP contribution in [0.15, 0.2) is 0 Å². The molecule has 0 aromatic carbocycles. The Hall–Kier alpha value is -1.44. The molecular weight excluding hydrogens is 226 g/mol. The molecule has 0 spiro atoms. The van der Waals surface area contributed by atoms with Crippen LogP contribution in [0.2, 0.25) is 0 Å². The van der Waals surface area contributed by atoms with Crippen molar-refractivity contribution in [1.82, 2.24) is 9.69 Å². The van der Waals surface area contributed by atoms with E-state index in [1.54, 1.807) is 0 Å². The molecule has 5 nitrogen and oxygen atoms in total. The molecule has 0 unspecified atom stereocenters. The number of rotatable bonds is 4. The van der Waals surface area contributed by atoms with E-state index in [4.69, 9.17) is 5.73 Å². The first kappa shape index (κ1) is 11.6. The highest BCUT2D eigenvalue weighted by atomic mass is 32.1. The number of hydrogen-bond donors (Lipinski definition) is 3. The molecule has 1 amide bonds. The zero-order valence-corrected chi connectivity index (χ0v) is 8.70. The maximum absolute atomic E-state index is 11.9. The number of nitrogens with two attached hydrogens (primary N) is 1. The average molecular weight is 236 g/mol. The van der Waals surface area contributed by atoms with Crippen molar-refractivity contribution < 1.29 is 13.6 Å². The topological polar surface area (TPSA) is 80.0 Å². The molecule has 0 aliphatic heterocycles. The molecule has 0 saturated carbocycles. The van der Waals surface area contributed by atoms with Crippen LogP contribution in [0.5, 0.6) is 0 Å². The molecule has 1 aromatic heterocycles. The highest BCUT2D eigenvalue weighted by Gasteiger charge is 2.18. The van der Waals surface area contributed by atoms with Crippen LogP contribution in [0.1, 0.15) is 10.4 Å². The van der Waals surface area contributed by atoms with Crippen LogP contribution in [0.4, 0.5) is 19.6 Å². The van der Waals surface area contributed by atoms with Crippen LogP contribution in [-0.4, -0.2) is 30.3 Å². The van der Waals surface area contributed by atoms with Gasteiger partial charge in [0.2, 0.25) is 0 Å². The number of nitrogens with zero attached hydrogens (tertiary/aromatic N) is 1. The molecule has 0 radical (unpaired) electrons. The van der Waals surface area contributed by atoms with Gasteiger partial charge in [-0.3, -0.25) is 4.79 Å². The van der Waals surface area contributed by atoms with Gasteiger partial charge >= 0.3 is 0 Å². The smallest absolute Gasteiger partial charge is 0.257 e. The van der Waals surface area contributed by atoms with Crippen molar-refractivity contribution in [3.63, 3.8) is 0 Å². The van der Waals surface area contributed by atoms with Gasteiger partial charge in [0.25, 0.3) is 12.3 Å². The Bertz CT molecular complexity index is 355. The number of hydrogen-bond acceptors (Lipinski definition) is 5. The number of nitrogens with one attached hydrogen (secondary N) is 2. The van der Waals surface area contributed by atoms with Gasteiger partial charge in [0, 0.05) is 7.05 Å². The highest BCUT2D eigenvalue weighted by Crippen LogP contribution is 2.26. The van der Waals surface area contributed by atoms with Crippen molar-refractivity contribution in [3.8, 4) is 0 Å². The first-order valence-electron chi connectivity index (χ1n) is 4.05. The molecule has 1 heterocycles. The number of halogens is 2. The third-order valence-electron chi connectivity index (χ3n) is 1.59. The fourth-order valence-electron chi connectivity index (χ4n) is 0.937. The minimum absolute atomic E-state index is 0.0381. The number of alkyl halides is 2.